The highest BCUT2D eigenvalue weighted by Crippen LogP contribution is 2.27. The predicted molar refractivity (Wildman–Crippen MR) is 68.2 cm³/mol. The van der Waals surface area contributed by atoms with Crippen LogP contribution in [0.4, 0.5) is 5.69 Å². The van der Waals surface area contributed by atoms with E-state index < -0.39 is 10.0 Å². The van der Waals surface area contributed by atoms with Crippen LogP contribution in [0, 0.1) is 0 Å². The van der Waals surface area contributed by atoms with E-state index in [0.717, 1.165) is 0 Å². The van der Waals surface area contributed by atoms with Crippen LogP contribution in [0.15, 0.2) is 23.1 Å². The lowest BCUT2D eigenvalue weighted by atomic mass is 10.3. The number of benzene rings is 1. The van der Waals surface area contributed by atoms with Crippen molar-refractivity contribution in [2.45, 2.75) is 18.7 Å². The number of hydrogen-bond acceptors (Lipinski definition) is 4. The number of sulfonamides is 1. The number of rotatable bonds is 5. The largest absolute Gasteiger partial charge is 0.492 e. The number of nitrogens with one attached hydrogen (secondary N) is 2. The molecule has 0 saturated heterocycles. The first-order chi connectivity index (χ1) is 8.40. The molecule has 0 aliphatic heterocycles. The number of ether oxygens (including phenoxy) is 1. The lowest BCUT2D eigenvalue weighted by Gasteiger charge is -2.12. The van der Waals surface area contributed by atoms with Gasteiger partial charge in [0.25, 0.3) is 0 Å². The van der Waals surface area contributed by atoms with E-state index in [1.165, 1.54) is 32.2 Å². The summed E-state index contributed by atoms with van der Waals surface area (Å²) in [6, 6.07) is 4.29. The van der Waals surface area contributed by atoms with Crippen LogP contribution in [-0.2, 0) is 14.8 Å². The van der Waals surface area contributed by atoms with Crippen LogP contribution in [0.1, 0.15) is 13.8 Å². The molecule has 0 atom stereocenters. The molecule has 0 bridgehead atoms. The third kappa shape index (κ3) is 3.44. The van der Waals surface area contributed by atoms with E-state index in [2.05, 4.69) is 10.0 Å². The van der Waals surface area contributed by atoms with Crippen LogP contribution in [0.2, 0.25) is 0 Å². The minimum atomic E-state index is -3.55. The van der Waals surface area contributed by atoms with E-state index in [0.29, 0.717) is 18.0 Å². The third-order valence-corrected chi connectivity index (χ3v) is 3.55. The van der Waals surface area contributed by atoms with Crippen LogP contribution >= 0.6 is 0 Å². The molecule has 100 valence electrons. The summed E-state index contributed by atoms with van der Waals surface area (Å²) >= 11 is 0. The zero-order chi connectivity index (χ0) is 13.8. The van der Waals surface area contributed by atoms with E-state index >= 15 is 0 Å². The van der Waals surface area contributed by atoms with Gasteiger partial charge in [0.1, 0.15) is 5.75 Å². The van der Waals surface area contributed by atoms with Gasteiger partial charge in [0.15, 0.2) is 0 Å². The van der Waals surface area contributed by atoms with E-state index in [1.807, 2.05) is 0 Å². The topological polar surface area (TPSA) is 84.5 Å². The zero-order valence-electron chi connectivity index (χ0n) is 10.5. The molecule has 0 aliphatic rings. The van der Waals surface area contributed by atoms with Crippen molar-refractivity contribution in [3.8, 4) is 5.75 Å². The predicted octanol–water partition coefficient (Wildman–Crippen LogP) is 0.952. The molecule has 1 amide bonds. The maximum Gasteiger partial charge on any atom is 0.240 e. The number of hydrogen-bond donors (Lipinski definition) is 2. The van der Waals surface area contributed by atoms with E-state index in [4.69, 9.17) is 4.74 Å². The second-order valence-corrected chi connectivity index (χ2v) is 5.37. The van der Waals surface area contributed by atoms with Gasteiger partial charge in [0, 0.05) is 6.92 Å². The Labute approximate surface area is 106 Å². The van der Waals surface area contributed by atoms with Gasteiger partial charge < -0.3 is 10.1 Å². The van der Waals surface area contributed by atoms with E-state index in [9.17, 15) is 13.2 Å². The molecule has 0 spiro atoms. The molecule has 0 aliphatic carbocycles. The highest BCUT2D eigenvalue weighted by molar-refractivity contribution is 7.89. The smallest absolute Gasteiger partial charge is 0.240 e. The molecule has 0 fully saturated rings. The van der Waals surface area contributed by atoms with Crippen LogP contribution in [-0.4, -0.2) is 28.0 Å². The Morgan fingerprint density at radius 3 is 2.56 bits per heavy atom. The summed E-state index contributed by atoms with van der Waals surface area (Å²) in [5.41, 5.74) is 0.334. The van der Waals surface area contributed by atoms with Crippen molar-refractivity contribution in [1.29, 1.82) is 0 Å². The summed E-state index contributed by atoms with van der Waals surface area (Å²) in [6.07, 6.45) is 0. The van der Waals surface area contributed by atoms with Gasteiger partial charge in [0.05, 0.1) is 17.2 Å². The average Bonchev–Trinajstić information content (AvgIpc) is 2.31. The summed E-state index contributed by atoms with van der Waals surface area (Å²) in [6.45, 7) is 3.56. The molecule has 0 radical (unpaired) electrons. The van der Waals surface area contributed by atoms with Crippen molar-refractivity contribution in [3.05, 3.63) is 18.2 Å². The summed E-state index contributed by atoms with van der Waals surface area (Å²) in [5, 5.41) is 2.54. The minimum absolute atomic E-state index is 0.0669. The van der Waals surface area contributed by atoms with Gasteiger partial charge in [-0.15, -0.1) is 0 Å². The monoisotopic (exact) mass is 272 g/mol. The molecule has 0 unspecified atom stereocenters. The minimum Gasteiger partial charge on any atom is -0.492 e. The Morgan fingerprint density at radius 2 is 2.06 bits per heavy atom. The third-order valence-electron chi connectivity index (χ3n) is 2.14. The van der Waals surface area contributed by atoms with Gasteiger partial charge in [-0.25, -0.2) is 13.1 Å². The molecule has 1 aromatic rings. The highest BCUT2D eigenvalue weighted by atomic mass is 32.2. The first kappa shape index (κ1) is 14.5. The van der Waals surface area contributed by atoms with Crippen LogP contribution in [0.25, 0.3) is 0 Å². The molecule has 0 heterocycles. The van der Waals surface area contributed by atoms with E-state index in [1.54, 1.807) is 6.92 Å². The molecule has 0 saturated carbocycles. The summed E-state index contributed by atoms with van der Waals surface area (Å²) in [7, 11) is -2.22. The lowest BCUT2D eigenvalue weighted by molar-refractivity contribution is -0.114. The molecular formula is C11H16N2O4S. The van der Waals surface area contributed by atoms with Gasteiger partial charge in [-0.3, -0.25) is 4.79 Å². The molecule has 1 aromatic carbocycles. The number of amides is 1. The van der Waals surface area contributed by atoms with Crippen molar-refractivity contribution < 1.29 is 17.9 Å². The Bertz CT molecular complexity index is 540. The summed E-state index contributed by atoms with van der Waals surface area (Å²) in [4.78, 5) is 11.1. The normalized spacial score (nSPS) is 11.1. The first-order valence-electron chi connectivity index (χ1n) is 5.38. The van der Waals surface area contributed by atoms with Gasteiger partial charge in [-0.1, -0.05) is 0 Å². The van der Waals surface area contributed by atoms with Crippen molar-refractivity contribution in [3.63, 3.8) is 0 Å². The van der Waals surface area contributed by atoms with Crippen molar-refractivity contribution in [2.75, 3.05) is 19.0 Å². The Balaban J connectivity index is 3.24. The second kappa shape index (κ2) is 5.83. The van der Waals surface area contributed by atoms with Gasteiger partial charge in [-0.2, -0.15) is 0 Å². The maximum atomic E-state index is 11.6. The fraction of sp³-hybridized carbons (Fsp3) is 0.364. The van der Waals surface area contributed by atoms with Gasteiger partial charge in [-0.05, 0) is 32.2 Å². The molecule has 0 aromatic heterocycles. The summed E-state index contributed by atoms with van der Waals surface area (Å²) < 4.78 is 30.8. The summed E-state index contributed by atoms with van der Waals surface area (Å²) in [5.74, 6) is 0.137. The molecule has 7 heteroatoms. The number of anilines is 1. The molecule has 18 heavy (non-hydrogen) atoms. The SMILES string of the molecule is CCOc1ccc(S(=O)(=O)NC)cc1NC(C)=O. The fourth-order valence-electron chi connectivity index (χ4n) is 1.36. The van der Waals surface area contributed by atoms with Gasteiger partial charge >= 0.3 is 0 Å². The zero-order valence-corrected chi connectivity index (χ0v) is 11.3. The quantitative estimate of drug-likeness (QED) is 0.836. The second-order valence-electron chi connectivity index (χ2n) is 3.48. The molecule has 6 nitrogen and oxygen atoms in total. The highest BCUT2D eigenvalue weighted by Gasteiger charge is 2.15. The molecule has 1 rings (SSSR count). The maximum absolute atomic E-state index is 11.6. The fourth-order valence-corrected chi connectivity index (χ4v) is 2.12. The Kier molecular flexibility index (Phi) is 4.69. The Hall–Kier alpha value is -1.60. The van der Waals surface area contributed by atoms with Gasteiger partial charge in [0.2, 0.25) is 15.9 Å². The van der Waals surface area contributed by atoms with Crippen LogP contribution in [0.5, 0.6) is 5.75 Å². The first-order valence-corrected chi connectivity index (χ1v) is 6.87. The van der Waals surface area contributed by atoms with Crippen molar-refractivity contribution in [1.82, 2.24) is 4.72 Å². The molecule has 2 N–H and O–H groups in total. The van der Waals surface area contributed by atoms with Crippen molar-refractivity contribution >= 4 is 21.6 Å². The number of carbonyl (C=O) groups excluding carboxylic acids is 1. The molecular weight excluding hydrogens is 256 g/mol. The standard InChI is InChI=1S/C11H16N2O4S/c1-4-17-11-6-5-9(18(15,16)12-3)7-10(11)13-8(2)14/h5-7,12H,4H2,1-3H3,(H,13,14). The number of carbonyl (C=O) groups is 1. The van der Waals surface area contributed by atoms with Crippen molar-refractivity contribution in [2.24, 2.45) is 0 Å². The van der Waals surface area contributed by atoms with Crippen LogP contribution < -0.4 is 14.8 Å². The van der Waals surface area contributed by atoms with Crippen LogP contribution in [0.3, 0.4) is 0 Å². The Morgan fingerprint density at radius 1 is 1.39 bits per heavy atom. The lowest BCUT2D eigenvalue weighted by Crippen LogP contribution is -2.19. The van der Waals surface area contributed by atoms with E-state index in [-0.39, 0.29) is 10.8 Å². The average molecular weight is 272 g/mol.